The van der Waals surface area contributed by atoms with Crippen molar-refractivity contribution in [3.05, 3.63) is 35.1 Å². The van der Waals surface area contributed by atoms with E-state index in [4.69, 9.17) is 0 Å². The van der Waals surface area contributed by atoms with Gasteiger partial charge in [-0.05, 0) is 49.4 Å². The van der Waals surface area contributed by atoms with Gasteiger partial charge in [0.25, 0.3) is 0 Å². The van der Waals surface area contributed by atoms with Crippen molar-refractivity contribution in [2.45, 2.75) is 45.1 Å². The first-order valence-corrected chi connectivity index (χ1v) is 5.94. The van der Waals surface area contributed by atoms with Crippen molar-refractivity contribution in [1.29, 1.82) is 0 Å². The van der Waals surface area contributed by atoms with Crippen LogP contribution in [-0.2, 0) is 6.42 Å². The fraction of sp³-hybridized carbons (Fsp3) is 0.571. The summed E-state index contributed by atoms with van der Waals surface area (Å²) >= 11 is 0. The number of hydrogen-bond acceptors (Lipinski definition) is 1. The fourth-order valence-corrected chi connectivity index (χ4v) is 2.26. The quantitative estimate of drug-likeness (QED) is 0.829. The molecular weight excluding hydrogens is 203 g/mol. The molecule has 88 valence electrons. The average Bonchev–Trinajstić information content (AvgIpc) is 2.94. The molecule has 2 heteroatoms. The van der Waals surface area contributed by atoms with Gasteiger partial charge >= 0.3 is 0 Å². The highest BCUT2D eigenvalue weighted by molar-refractivity contribution is 5.28. The van der Waals surface area contributed by atoms with Crippen LogP contribution in [0.5, 0.6) is 0 Å². The minimum absolute atomic E-state index is 0.220. The van der Waals surface area contributed by atoms with Crippen LogP contribution in [0, 0.1) is 18.7 Å². The Morgan fingerprint density at radius 3 is 2.75 bits per heavy atom. The predicted molar refractivity (Wildman–Crippen MR) is 62.8 cm³/mol. The lowest BCUT2D eigenvalue weighted by Crippen LogP contribution is -2.28. The average molecular weight is 222 g/mol. The number of rotatable bonds is 4. The van der Waals surface area contributed by atoms with Crippen molar-refractivity contribution in [2.24, 2.45) is 5.92 Å². The van der Waals surface area contributed by atoms with Crippen LogP contribution in [0.4, 0.5) is 4.39 Å². The molecule has 0 heterocycles. The van der Waals surface area contributed by atoms with Crippen LogP contribution in [-0.4, -0.2) is 10.7 Å². The Hall–Kier alpha value is -0.890. The summed E-state index contributed by atoms with van der Waals surface area (Å²) in [5.74, 6) is 0.465. The van der Waals surface area contributed by atoms with Crippen molar-refractivity contribution in [2.75, 3.05) is 0 Å². The fourth-order valence-electron chi connectivity index (χ4n) is 2.26. The van der Waals surface area contributed by atoms with Gasteiger partial charge in [0.1, 0.15) is 5.82 Å². The minimum atomic E-state index is -0.695. The summed E-state index contributed by atoms with van der Waals surface area (Å²) in [5.41, 5.74) is 1.28. The zero-order valence-electron chi connectivity index (χ0n) is 9.96. The molecule has 16 heavy (non-hydrogen) atoms. The number of hydrogen-bond donors (Lipinski definition) is 1. The summed E-state index contributed by atoms with van der Waals surface area (Å²) < 4.78 is 13.1. The first kappa shape index (κ1) is 11.6. The molecule has 0 bridgehead atoms. The molecule has 1 atom stereocenters. The Labute approximate surface area is 96.3 Å². The Balaban J connectivity index is 2.08. The van der Waals surface area contributed by atoms with Crippen LogP contribution in [0.2, 0.25) is 0 Å². The zero-order valence-corrected chi connectivity index (χ0v) is 9.96. The molecule has 1 saturated carbocycles. The van der Waals surface area contributed by atoms with Gasteiger partial charge in [-0.1, -0.05) is 18.9 Å². The monoisotopic (exact) mass is 222 g/mol. The number of aliphatic hydroxyl groups is 1. The topological polar surface area (TPSA) is 20.2 Å². The molecule has 1 nitrogen and oxygen atoms in total. The molecular formula is C14H19FO. The van der Waals surface area contributed by atoms with Crippen LogP contribution < -0.4 is 0 Å². The van der Waals surface area contributed by atoms with Crippen molar-refractivity contribution in [3.63, 3.8) is 0 Å². The van der Waals surface area contributed by atoms with Gasteiger partial charge in [0, 0.05) is 6.42 Å². The lowest BCUT2D eigenvalue weighted by Gasteiger charge is -2.24. The molecule has 1 aliphatic carbocycles. The Morgan fingerprint density at radius 2 is 2.12 bits per heavy atom. The van der Waals surface area contributed by atoms with E-state index in [1.54, 1.807) is 6.07 Å². The SMILES string of the molecule is Cc1ccc(F)cc1CC(C)(O)CC1CC1. The molecule has 0 aromatic heterocycles. The summed E-state index contributed by atoms with van der Waals surface area (Å²) in [4.78, 5) is 0. The second kappa shape index (κ2) is 4.17. The third-order valence-electron chi connectivity index (χ3n) is 3.31. The molecule has 1 aromatic rings. The summed E-state index contributed by atoms with van der Waals surface area (Å²) in [5, 5.41) is 10.3. The Bertz CT molecular complexity index is 380. The highest BCUT2D eigenvalue weighted by Gasteiger charge is 2.32. The Kier molecular flexibility index (Phi) is 3.02. The van der Waals surface area contributed by atoms with Crippen LogP contribution in [0.3, 0.4) is 0 Å². The van der Waals surface area contributed by atoms with Crippen molar-refractivity contribution in [1.82, 2.24) is 0 Å². The molecule has 0 amide bonds. The van der Waals surface area contributed by atoms with Gasteiger partial charge in [0.05, 0.1) is 5.60 Å². The van der Waals surface area contributed by atoms with Crippen LogP contribution in [0.25, 0.3) is 0 Å². The third-order valence-corrected chi connectivity index (χ3v) is 3.31. The van der Waals surface area contributed by atoms with E-state index in [1.807, 2.05) is 13.8 Å². The lowest BCUT2D eigenvalue weighted by molar-refractivity contribution is 0.0453. The second-order valence-electron chi connectivity index (χ2n) is 5.39. The number of aryl methyl sites for hydroxylation is 1. The van der Waals surface area contributed by atoms with Gasteiger partial charge in [0.15, 0.2) is 0 Å². The molecule has 1 fully saturated rings. The van der Waals surface area contributed by atoms with Gasteiger partial charge in [-0.25, -0.2) is 4.39 Å². The maximum atomic E-state index is 13.1. The standard InChI is InChI=1S/C14H19FO/c1-10-3-6-13(15)7-12(10)9-14(2,16)8-11-4-5-11/h3,6-7,11,16H,4-5,8-9H2,1-2H3. The Morgan fingerprint density at radius 1 is 1.44 bits per heavy atom. The third kappa shape index (κ3) is 3.05. The van der Waals surface area contributed by atoms with E-state index in [2.05, 4.69) is 0 Å². The molecule has 0 aliphatic heterocycles. The van der Waals surface area contributed by atoms with E-state index in [0.717, 1.165) is 17.5 Å². The second-order valence-corrected chi connectivity index (χ2v) is 5.39. The molecule has 0 radical (unpaired) electrons. The summed E-state index contributed by atoms with van der Waals surface area (Å²) in [6.45, 7) is 3.82. The van der Waals surface area contributed by atoms with E-state index in [0.29, 0.717) is 12.3 Å². The number of benzene rings is 1. The molecule has 2 rings (SSSR count). The summed E-state index contributed by atoms with van der Waals surface area (Å²) in [6, 6.07) is 4.78. The van der Waals surface area contributed by atoms with E-state index >= 15 is 0 Å². The van der Waals surface area contributed by atoms with Gasteiger partial charge in [0.2, 0.25) is 0 Å². The molecule has 0 saturated heterocycles. The first-order valence-electron chi connectivity index (χ1n) is 5.94. The first-order chi connectivity index (χ1) is 7.46. The smallest absolute Gasteiger partial charge is 0.123 e. The van der Waals surface area contributed by atoms with E-state index < -0.39 is 5.60 Å². The molecule has 1 N–H and O–H groups in total. The molecule has 1 aliphatic rings. The zero-order chi connectivity index (χ0) is 11.8. The molecule has 0 spiro atoms. The largest absolute Gasteiger partial charge is 0.390 e. The maximum Gasteiger partial charge on any atom is 0.123 e. The number of halogens is 1. The molecule has 1 unspecified atom stereocenters. The van der Waals surface area contributed by atoms with Crippen molar-refractivity contribution >= 4 is 0 Å². The normalized spacial score (nSPS) is 19.5. The van der Waals surface area contributed by atoms with Gasteiger partial charge in [-0.15, -0.1) is 0 Å². The van der Waals surface area contributed by atoms with Crippen molar-refractivity contribution in [3.8, 4) is 0 Å². The van der Waals surface area contributed by atoms with Gasteiger partial charge in [-0.3, -0.25) is 0 Å². The molecule has 1 aromatic carbocycles. The summed E-state index contributed by atoms with van der Waals surface area (Å²) in [7, 11) is 0. The van der Waals surface area contributed by atoms with Gasteiger partial charge in [-0.2, -0.15) is 0 Å². The van der Waals surface area contributed by atoms with Crippen LogP contribution in [0.1, 0.15) is 37.3 Å². The van der Waals surface area contributed by atoms with E-state index in [1.165, 1.54) is 25.0 Å². The van der Waals surface area contributed by atoms with Crippen LogP contribution >= 0.6 is 0 Å². The maximum absolute atomic E-state index is 13.1. The van der Waals surface area contributed by atoms with Gasteiger partial charge < -0.3 is 5.11 Å². The van der Waals surface area contributed by atoms with E-state index in [9.17, 15) is 9.50 Å². The highest BCUT2D eigenvalue weighted by atomic mass is 19.1. The highest BCUT2D eigenvalue weighted by Crippen LogP contribution is 2.38. The minimum Gasteiger partial charge on any atom is -0.390 e. The lowest BCUT2D eigenvalue weighted by atomic mass is 9.89. The predicted octanol–water partition coefficient (Wildman–Crippen LogP) is 3.23. The van der Waals surface area contributed by atoms with Crippen LogP contribution in [0.15, 0.2) is 18.2 Å². The van der Waals surface area contributed by atoms with Crippen molar-refractivity contribution < 1.29 is 9.50 Å². The summed E-state index contributed by atoms with van der Waals surface area (Å²) in [6.07, 6.45) is 3.85. The van der Waals surface area contributed by atoms with E-state index in [-0.39, 0.29) is 5.82 Å².